The highest BCUT2D eigenvalue weighted by Gasteiger charge is 2.43. The molecule has 0 saturated heterocycles. The summed E-state index contributed by atoms with van der Waals surface area (Å²) in [6.45, 7) is 3.88. The zero-order chi connectivity index (χ0) is 31.4. The van der Waals surface area contributed by atoms with Crippen LogP contribution in [0.1, 0.15) is 39.5 Å². The molecule has 0 aliphatic carbocycles. The number of aryl methyl sites for hydroxylation is 2. The average molecular weight is 602 g/mol. The topological polar surface area (TPSA) is 84.4 Å². The summed E-state index contributed by atoms with van der Waals surface area (Å²) in [7, 11) is 1.96. The van der Waals surface area contributed by atoms with Crippen molar-refractivity contribution in [2.75, 3.05) is 0 Å². The van der Waals surface area contributed by atoms with Gasteiger partial charge in [0.25, 0.3) is 5.56 Å². The SMILES string of the molecule is CCc1cc(C(=O)OC(=O)C(F)(F)F)c(=O)[nH]c1-c1ccc2c(c1)c(CN(Cc1ccccc1)Cc1ccccc1)cn2C. The summed E-state index contributed by atoms with van der Waals surface area (Å²) >= 11 is 0. The summed E-state index contributed by atoms with van der Waals surface area (Å²) < 4.78 is 43.7. The van der Waals surface area contributed by atoms with Crippen molar-refractivity contribution in [3.63, 3.8) is 0 Å². The molecule has 0 saturated carbocycles. The van der Waals surface area contributed by atoms with Crippen molar-refractivity contribution in [3.8, 4) is 11.3 Å². The third kappa shape index (κ3) is 6.81. The normalized spacial score (nSPS) is 11.7. The molecule has 0 fully saturated rings. The number of hydrogen-bond acceptors (Lipinski definition) is 5. The Labute approximate surface area is 251 Å². The molecule has 0 radical (unpaired) electrons. The summed E-state index contributed by atoms with van der Waals surface area (Å²) in [5.41, 5.74) is 4.39. The maximum absolute atomic E-state index is 12.8. The fourth-order valence-electron chi connectivity index (χ4n) is 5.31. The molecule has 2 aromatic heterocycles. The predicted octanol–water partition coefficient (Wildman–Crippen LogP) is 6.54. The van der Waals surface area contributed by atoms with E-state index in [2.05, 4.69) is 45.1 Å². The molecular weight excluding hydrogens is 571 g/mol. The van der Waals surface area contributed by atoms with E-state index in [9.17, 15) is 27.6 Å². The molecule has 3 aromatic carbocycles. The van der Waals surface area contributed by atoms with Crippen LogP contribution in [0.5, 0.6) is 0 Å². The van der Waals surface area contributed by atoms with E-state index in [1.54, 1.807) is 6.92 Å². The van der Waals surface area contributed by atoms with Gasteiger partial charge in [0.2, 0.25) is 0 Å². The van der Waals surface area contributed by atoms with E-state index in [1.807, 2.05) is 66.2 Å². The minimum atomic E-state index is -5.36. The second-order valence-electron chi connectivity index (χ2n) is 10.6. The first kappa shape index (κ1) is 30.5. The van der Waals surface area contributed by atoms with Crippen molar-refractivity contribution in [2.24, 2.45) is 7.05 Å². The number of fused-ring (bicyclic) bond motifs is 1. The highest BCUT2D eigenvalue weighted by molar-refractivity contribution is 5.98. The van der Waals surface area contributed by atoms with Gasteiger partial charge in [0.15, 0.2) is 0 Å². The zero-order valence-electron chi connectivity index (χ0n) is 24.1. The molecular formula is C34H30F3N3O4. The van der Waals surface area contributed by atoms with Crippen molar-refractivity contribution in [2.45, 2.75) is 39.2 Å². The van der Waals surface area contributed by atoms with Crippen molar-refractivity contribution in [3.05, 3.63) is 129 Å². The van der Waals surface area contributed by atoms with E-state index in [-0.39, 0.29) is 0 Å². The van der Waals surface area contributed by atoms with E-state index in [0.29, 0.717) is 29.8 Å². The van der Waals surface area contributed by atoms with Gasteiger partial charge in [-0.15, -0.1) is 0 Å². The van der Waals surface area contributed by atoms with Gasteiger partial charge in [0.1, 0.15) is 5.56 Å². The number of rotatable bonds is 9. The van der Waals surface area contributed by atoms with Crippen LogP contribution in [0.25, 0.3) is 22.2 Å². The van der Waals surface area contributed by atoms with Gasteiger partial charge in [0.05, 0.1) is 5.69 Å². The molecule has 44 heavy (non-hydrogen) atoms. The van der Waals surface area contributed by atoms with Gasteiger partial charge in [-0.2, -0.15) is 13.2 Å². The fourth-order valence-corrected chi connectivity index (χ4v) is 5.31. The average Bonchev–Trinajstić information content (AvgIpc) is 3.31. The number of carbonyl (C=O) groups is 2. The molecule has 0 bridgehead atoms. The van der Waals surface area contributed by atoms with Crippen molar-refractivity contribution >= 4 is 22.8 Å². The Balaban J connectivity index is 1.50. The first-order valence-corrected chi connectivity index (χ1v) is 14.0. The molecule has 0 aliphatic rings. The number of ether oxygens (including phenoxy) is 1. The first-order chi connectivity index (χ1) is 21.0. The Hall–Kier alpha value is -4.96. The lowest BCUT2D eigenvalue weighted by Crippen LogP contribution is -2.30. The monoisotopic (exact) mass is 601 g/mol. The summed E-state index contributed by atoms with van der Waals surface area (Å²) in [5, 5.41) is 0.971. The second kappa shape index (κ2) is 12.7. The van der Waals surface area contributed by atoms with Crippen molar-refractivity contribution in [1.29, 1.82) is 0 Å². The lowest BCUT2D eigenvalue weighted by Gasteiger charge is -2.22. The second-order valence-corrected chi connectivity index (χ2v) is 10.6. The molecule has 2 heterocycles. The number of halogens is 3. The van der Waals surface area contributed by atoms with Crippen LogP contribution in [0.3, 0.4) is 0 Å². The summed E-state index contributed by atoms with van der Waals surface area (Å²) in [6.07, 6.45) is -2.94. The summed E-state index contributed by atoms with van der Waals surface area (Å²) in [4.78, 5) is 41.2. The largest absolute Gasteiger partial charge is 0.491 e. The Morgan fingerprint density at radius 3 is 2.05 bits per heavy atom. The van der Waals surface area contributed by atoms with E-state index in [4.69, 9.17) is 0 Å². The lowest BCUT2D eigenvalue weighted by molar-refractivity contribution is -0.193. The molecule has 5 aromatic rings. The van der Waals surface area contributed by atoms with Gasteiger partial charge in [-0.05, 0) is 52.4 Å². The van der Waals surface area contributed by atoms with E-state index in [1.165, 1.54) is 17.2 Å². The van der Waals surface area contributed by atoms with Crippen LogP contribution in [-0.2, 0) is 42.6 Å². The predicted molar refractivity (Wildman–Crippen MR) is 161 cm³/mol. The van der Waals surface area contributed by atoms with Crippen LogP contribution in [-0.4, -0.2) is 32.6 Å². The first-order valence-electron chi connectivity index (χ1n) is 14.0. The number of aromatic amines is 1. The number of H-pyrrole nitrogens is 1. The van der Waals surface area contributed by atoms with Crippen LogP contribution in [0.2, 0.25) is 0 Å². The van der Waals surface area contributed by atoms with Gasteiger partial charge in [-0.25, -0.2) is 9.59 Å². The maximum Gasteiger partial charge on any atom is 0.491 e. The number of carbonyl (C=O) groups excluding carboxylic acids is 2. The third-order valence-corrected chi connectivity index (χ3v) is 7.39. The number of pyridine rings is 1. The zero-order valence-corrected chi connectivity index (χ0v) is 24.1. The van der Waals surface area contributed by atoms with Crippen molar-refractivity contribution in [1.82, 2.24) is 14.5 Å². The molecule has 0 atom stereocenters. The smallest absolute Gasteiger partial charge is 0.382 e. The molecule has 5 rings (SSSR count). The quantitative estimate of drug-likeness (QED) is 0.153. The van der Waals surface area contributed by atoms with Gasteiger partial charge >= 0.3 is 18.1 Å². The number of nitrogens with zero attached hydrogens (tertiary/aromatic N) is 2. The van der Waals surface area contributed by atoms with Gasteiger partial charge in [-0.1, -0.05) is 73.7 Å². The van der Waals surface area contributed by atoms with E-state index < -0.39 is 29.2 Å². The lowest BCUT2D eigenvalue weighted by atomic mass is 10.00. The molecule has 0 spiro atoms. The molecule has 7 nitrogen and oxygen atoms in total. The highest BCUT2D eigenvalue weighted by atomic mass is 19.4. The summed E-state index contributed by atoms with van der Waals surface area (Å²) in [6, 6.07) is 27.4. The van der Waals surface area contributed by atoms with Crippen LogP contribution in [0, 0.1) is 0 Å². The Bertz CT molecular complexity index is 1820. The molecule has 0 amide bonds. The van der Waals surface area contributed by atoms with Crippen LogP contribution < -0.4 is 5.56 Å². The van der Waals surface area contributed by atoms with Gasteiger partial charge in [-0.3, -0.25) is 9.69 Å². The highest BCUT2D eigenvalue weighted by Crippen LogP contribution is 2.30. The van der Waals surface area contributed by atoms with Crippen molar-refractivity contribution < 1.29 is 27.5 Å². The van der Waals surface area contributed by atoms with Crippen LogP contribution in [0.4, 0.5) is 13.2 Å². The third-order valence-electron chi connectivity index (χ3n) is 7.39. The number of alkyl halides is 3. The molecule has 0 unspecified atom stereocenters. The number of benzene rings is 3. The van der Waals surface area contributed by atoms with Crippen LogP contribution in [0.15, 0.2) is 95.9 Å². The molecule has 0 aliphatic heterocycles. The van der Waals surface area contributed by atoms with Gasteiger partial charge in [0, 0.05) is 43.8 Å². The molecule has 226 valence electrons. The molecule has 10 heteroatoms. The Morgan fingerprint density at radius 2 is 1.48 bits per heavy atom. The van der Waals surface area contributed by atoms with Gasteiger partial charge < -0.3 is 14.3 Å². The number of hydrogen-bond donors (Lipinski definition) is 1. The number of esters is 2. The van der Waals surface area contributed by atoms with E-state index >= 15 is 0 Å². The Morgan fingerprint density at radius 1 is 0.864 bits per heavy atom. The minimum Gasteiger partial charge on any atom is -0.382 e. The fraction of sp³-hybridized carbons (Fsp3) is 0.206. The summed E-state index contributed by atoms with van der Waals surface area (Å²) in [5.74, 6) is -4.34. The van der Waals surface area contributed by atoms with Crippen LogP contribution >= 0.6 is 0 Å². The Kier molecular flexibility index (Phi) is 8.82. The maximum atomic E-state index is 12.8. The standard InChI is InChI=1S/C34H30F3N3O4/c1-3-24-16-28(32(42)44-33(43)34(35,36)37)31(41)38-30(24)25-14-15-29-27(17-25)26(20-39(29)2)21-40(18-22-10-6-4-7-11-22)19-23-12-8-5-9-13-23/h4-17,20H,3,18-19,21H2,1-2H3,(H,38,41). The number of nitrogens with one attached hydrogen (secondary N) is 1. The minimum absolute atomic E-state index is 0.348. The van der Waals surface area contributed by atoms with E-state index in [0.717, 1.165) is 29.6 Å². The molecule has 1 N–H and O–H groups in total. The number of aromatic nitrogens is 2.